The smallest absolute Gasteiger partial charge is 0.407 e. The number of alkyl carbamates (subject to hydrolysis) is 1. The van der Waals surface area contributed by atoms with Crippen LogP contribution in [0.3, 0.4) is 0 Å². The third-order valence-corrected chi connectivity index (χ3v) is 4.40. The van der Waals surface area contributed by atoms with Crippen molar-refractivity contribution in [2.75, 3.05) is 26.7 Å². The number of rotatable bonds is 7. The number of nitrogens with zero attached hydrogens (tertiary/aromatic N) is 1. The summed E-state index contributed by atoms with van der Waals surface area (Å²) in [5.41, 5.74) is -0.458. The molecule has 0 aromatic carbocycles. The molecule has 0 spiro atoms. The van der Waals surface area contributed by atoms with Gasteiger partial charge in [0.25, 0.3) is 0 Å². The first-order valence-electron chi connectivity index (χ1n) is 8.98. The van der Waals surface area contributed by atoms with Crippen molar-refractivity contribution in [1.82, 2.24) is 10.2 Å². The monoisotopic (exact) mass is 342 g/mol. The Bertz CT molecular complexity index is 398. The summed E-state index contributed by atoms with van der Waals surface area (Å²) >= 11 is 0. The van der Waals surface area contributed by atoms with Gasteiger partial charge in [0.15, 0.2) is 0 Å². The number of hydrogen-bond acceptors (Lipinski definition) is 5. The van der Waals surface area contributed by atoms with E-state index in [4.69, 9.17) is 9.47 Å². The molecule has 0 saturated heterocycles. The Balaban J connectivity index is 2.15. The number of hydrogen-bond donors (Lipinski definition) is 1. The lowest BCUT2D eigenvalue weighted by molar-refractivity contribution is -0.141. The van der Waals surface area contributed by atoms with Crippen LogP contribution in [0, 0.1) is 5.92 Å². The summed E-state index contributed by atoms with van der Waals surface area (Å²) in [6.45, 7) is 8.99. The van der Waals surface area contributed by atoms with E-state index in [1.54, 1.807) is 0 Å². The average molecular weight is 342 g/mol. The van der Waals surface area contributed by atoms with Crippen LogP contribution in [0.4, 0.5) is 4.79 Å². The van der Waals surface area contributed by atoms with Gasteiger partial charge in [0.05, 0.1) is 6.61 Å². The van der Waals surface area contributed by atoms with E-state index in [0.29, 0.717) is 25.1 Å². The van der Waals surface area contributed by atoms with E-state index in [-0.39, 0.29) is 12.1 Å². The van der Waals surface area contributed by atoms with E-state index in [9.17, 15) is 9.59 Å². The summed E-state index contributed by atoms with van der Waals surface area (Å²) in [5.74, 6) is 0.467. The fraction of sp³-hybridized carbons (Fsp3) is 0.889. The van der Waals surface area contributed by atoms with Crippen molar-refractivity contribution < 1.29 is 19.1 Å². The molecule has 0 heterocycles. The Labute approximate surface area is 146 Å². The Morgan fingerprint density at radius 3 is 2.33 bits per heavy atom. The summed E-state index contributed by atoms with van der Waals surface area (Å²) in [5, 5.41) is 2.81. The molecule has 1 aliphatic carbocycles. The van der Waals surface area contributed by atoms with Crippen LogP contribution in [0.25, 0.3) is 0 Å². The minimum Gasteiger partial charge on any atom is -0.466 e. The van der Waals surface area contributed by atoms with Crippen molar-refractivity contribution >= 4 is 12.1 Å². The van der Waals surface area contributed by atoms with Gasteiger partial charge in [-0.2, -0.15) is 0 Å². The van der Waals surface area contributed by atoms with Crippen molar-refractivity contribution in [3.05, 3.63) is 0 Å². The maximum Gasteiger partial charge on any atom is 0.407 e. The first-order chi connectivity index (χ1) is 11.2. The minimum atomic E-state index is -0.458. The molecule has 1 amide bonds. The summed E-state index contributed by atoms with van der Waals surface area (Å²) in [6.07, 6.45) is 5.29. The van der Waals surface area contributed by atoms with Gasteiger partial charge in [0.1, 0.15) is 5.60 Å². The van der Waals surface area contributed by atoms with Crippen LogP contribution < -0.4 is 5.32 Å². The largest absolute Gasteiger partial charge is 0.466 e. The van der Waals surface area contributed by atoms with Gasteiger partial charge in [0.2, 0.25) is 0 Å². The third kappa shape index (κ3) is 9.11. The molecule has 140 valence electrons. The molecule has 6 heteroatoms. The van der Waals surface area contributed by atoms with Gasteiger partial charge in [-0.1, -0.05) is 0 Å². The summed E-state index contributed by atoms with van der Waals surface area (Å²) in [6, 6.07) is 0.565. The fourth-order valence-electron chi connectivity index (χ4n) is 3.07. The van der Waals surface area contributed by atoms with Crippen molar-refractivity contribution in [2.24, 2.45) is 5.92 Å². The highest BCUT2D eigenvalue weighted by molar-refractivity contribution is 5.67. The maximum atomic E-state index is 11.6. The molecule has 0 unspecified atom stereocenters. The topological polar surface area (TPSA) is 67.9 Å². The van der Waals surface area contributed by atoms with Crippen LogP contribution in [0.15, 0.2) is 0 Å². The van der Waals surface area contributed by atoms with Crippen LogP contribution in [0.1, 0.15) is 59.8 Å². The maximum absolute atomic E-state index is 11.6. The van der Waals surface area contributed by atoms with Gasteiger partial charge in [-0.15, -0.1) is 0 Å². The highest BCUT2D eigenvalue weighted by Crippen LogP contribution is 2.29. The molecule has 0 aromatic rings. The van der Waals surface area contributed by atoms with Crippen LogP contribution in [0.2, 0.25) is 0 Å². The van der Waals surface area contributed by atoms with Crippen LogP contribution in [0.5, 0.6) is 0 Å². The first-order valence-corrected chi connectivity index (χ1v) is 8.98. The lowest BCUT2D eigenvalue weighted by Gasteiger charge is -2.34. The van der Waals surface area contributed by atoms with E-state index in [1.165, 1.54) is 19.8 Å². The fourth-order valence-corrected chi connectivity index (χ4v) is 3.07. The number of nitrogens with one attached hydrogen (secondary N) is 1. The molecule has 1 fully saturated rings. The SMILES string of the molecule is CC(=O)OCCC1CCC(N(C)CCNC(=O)OC(C)(C)C)CC1. The first kappa shape index (κ1) is 20.7. The zero-order valence-electron chi connectivity index (χ0n) is 15.9. The molecule has 0 aromatic heterocycles. The Morgan fingerprint density at radius 2 is 1.79 bits per heavy atom. The van der Waals surface area contributed by atoms with Crippen LogP contribution in [-0.2, 0) is 14.3 Å². The second-order valence-corrected chi connectivity index (χ2v) is 7.71. The highest BCUT2D eigenvalue weighted by Gasteiger charge is 2.24. The van der Waals surface area contributed by atoms with E-state index in [0.717, 1.165) is 25.8 Å². The van der Waals surface area contributed by atoms with Gasteiger partial charge < -0.3 is 19.7 Å². The number of likely N-dealkylation sites (N-methyl/N-ethyl adjacent to an activating group) is 1. The third-order valence-electron chi connectivity index (χ3n) is 4.40. The Kier molecular flexibility index (Phi) is 8.53. The lowest BCUT2D eigenvalue weighted by atomic mass is 9.84. The highest BCUT2D eigenvalue weighted by atomic mass is 16.6. The zero-order chi connectivity index (χ0) is 18.2. The molecule has 0 radical (unpaired) electrons. The number of ether oxygens (including phenoxy) is 2. The van der Waals surface area contributed by atoms with Crippen LogP contribution in [-0.4, -0.2) is 55.3 Å². The molecule has 0 aliphatic heterocycles. The number of amides is 1. The standard InChI is InChI=1S/C18H34N2O4/c1-14(21)23-13-10-15-6-8-16(9-7-15)20(5)12-11-19-17(22)24-18(2,3)4/h15-16H,6-13H2,1-5H3,(H,19,22). The van der Waals surface area contributed by atoms with Gasteiger partial charge in [0, 0.05) is 26.1 Å². The normalized spacial score (nSPS) is 21.4. The minimum absolute atomic E-state index is 0.194. The molecular weight excluding hydrogens is 308 g/mol. The van der Waals surface area contributed by atoms with Crippen molar-refractivity contribution in [3.63, 3.8) is 0 Å². The summed E-state index contributed by atoms with van der Waals surface area (Å²) in [4.78, 5) is 24.7. The van der Waals surface area contributed by atoms with E-state index in [1.807, 2.05) is 20.8 Å². The lowest BCUT2D eigenvalue weighted by Crippen LogP contribution is -2.41. The number of carbonyl (C=O) groups excluding carboxylic acids is 2. The number of carbonyl (C=O) groups is 2. The predicted molar refractivity (Wildman–Crippen MR) is 93.9 cm³/mol. The number of esters is 1. The Morgan fingerprint density at radius 1 is 1.17 bits per heavy atom. The van der Waals surface area contributed by atoms with Crippen molar-refractivity contribution in [2.45, 2.75) is 71.4 Å². The second kappa shape index (κ2) is 9.87. The summed E-state index contributed by atoms with van der Waals surface area (Å²) in [7, 11) is 2.11. The van der Waals surface area contributed by atoms with Gasteiger partial charge in [-0.3, -0.25) is 4.79 Å². The second-order valence-electron chi connectivity index (χ2n) is 7.71. The van der Waals surface area contributed by atoms with E-state index < -0.39 is 5.60 Å². The quantitative estimate of drug-likeness (QED) is 0.721. The van der Waals surface area contributed by atoms with Crippen molar-refractivity contribution in [1.29, 1.82) is 0 Å². The molecule has 1 N–H and O–H groups in total. The molecule has 0 bridgehead atoms. The molecule has 6 nitrogen and oxygen atoms in total. The average Bonchev–Trinajstić information content (AvgIpc) is 2.45. The van der Waals surface area contributed by atoms with Gasteiger partial charge >= 0.3 is 12.1 Å². The van der Waals surface area contributed by atoms with E-state index >= 15 is 0 Å². The van der Waals surface area contributed by atoms with Gasteiger partial charge in [-0.05, 0) is 65.8 Å². The molecule has 1 saturated carbocycles. The molecule has 1 aliphatic rings. The molecule has 1 rings (SSSR count). The van der Waals surface area contributed by atoms with E-state index in [2.05, 4.69) is 17.3 Å². The summed E-state index contributed by atoms with van der Waals surface area (Å²) < 4.78 is 10.3. The zero-order valence-corrected chi connectivity index (χ0v) is 15.9. The molecule has 0 atom stereocenters. The molecular formula is C18H34N2O4. The predicted octanol–water partition coefficient (Wildman–Crippen LogP) is 2.95. The van der Waals surface area contributed by atoms with Gasteiger partial charge in [-0.25, -0.2) is 4.79 Å². The Hall–Kier alpha value is -1.30. The van der Waals surface area contributed by atoms with Crippen LogP contribution >= 0.6 is 0 Å². The molecule has 24 heavy (non-hydrogen) atoms. The van der Waals surface area contributed by atoms with Crippen molar-refractivity contribution in [3.8, 4) is 0 Å².